The zero-order valence-corrected chi connectivity index (χ0v) is 15.1. The van der Waals surface area contributed by atoms with Crippen LogP contribution in [0.25, 0.3) is 10.8 Å². The number of carbonyl (C=O) groups is 1. The highest BCUT2D eigenvalue weighted by atomic mass is 19.1. The number of carbonyl (C=O) groups excluding carboxylic acids is 1. The van der Waals surface area contributed by atoms with Crippen molar-refractivity contribution in [1.29, 1.82) is 0 Å². The lowest BCUT2D eigenvalue weighted by atomic mass is 10.1. The Labute approximate surface area is 156 Å². The molecule has 2 aromatic carbocycles. The summed E-state index contributed by atoms with van der Waals surface area (Å²) in [5.74, 6) is -0.180. The number of anilines is 1. The van der Waals surface area contributed by atoms with Gasteiger partial charge in [-0.25, -0.2) is 8.78 Å². The van der Waals surface area contributed by atoms with E-state index in [2.05, 4.69) is 10.3 Å². The second-order valence-corrected chi connectivity index (χ2v) is 6.68. The average Bonchev–Trinajstić information content (AvgIpc) is 2.63. The lowest BCUT2D eigenvalue weighted by Gasteiger charge is -2.15. The second kappa shape index (κ2) is 8.12. The van der Waals surface area contributed by atoms with Gasteiger partial charge in [0.25, 0.3) is 5.91 Å². The first-order valence-electron chi connectivity index (χ1n) is 8.69. The van der Waals surface area contributed by atoms with Gasteiger partial charge in [-0.15, -0.1) is 0 Å². The zero-order chi connectivity index (χ0) is 19.4. The predicted molar refractivity (Wildman–Crippen MR) is 101 cm³/mol. The molecule has 3 rings (SSSR count). The molecule has 27 heavy (non-hydrogen) atoms. The van der Waals surface area contributed by atoms with Crippen molar-refractivity contribution in [2.45, 2.75) is 26.4 Å². The van der Waals surface area contributed by atoms with Gasteiger partial charge >= 0.3 is 0 Å². The van der Waals surface area contributed by atoms with Gasteiger partial charge in [0, 0.05) is 29.2 Å². The summed E-state index contributed by atoms with van der Waals surface area (Å²) in [7, 11) is 0. The molecule has 0 spiro atoms. The largest absolute Gasteiger partial charge is 0.457 e. The van der Waals surface area contributed by atoms with Crippen LogP contribution in [-0.2, 0) is 4.79 Å². The Bertz CT molecular complexity index is 960. The van der Waals surface area contributed by atoms with Crippen LogP contribution >= 0.6 is 0 Å². The summed E-state index contributed by atoms with van der Waals surface area (Å²) < 4.78 is 33.2. The fraction of sp³-hybridized carbons (Fsp3) is 0.238. The number of benzene rings is 2. The number of fused-ring (bicyclic) bond motifs is 1. The van der Waals surface area contributed by atoms with E-state index >= 15 is 0 Å². The van der Waals surface area contributed by atoms with Crippen molar-refractivity contribution in [2.75, 3.05) is 5.32 Å². The van der Waals surface area contributed by atoms with Crippen molar-refractivity contribution in [3.63, 3.8) is 0 Å². The molecule has 1 unspecified atom stereocenters. The van der Waals surface area contributed by atoms with Crippen LogP contribution in [0.15, 0.2) is 54.9 Å². The Hall–Kier alpha value is -3.02. The summed E-state index contributed by atoms with van der Waals surface area (Å²) in [5.41, 5.74) is 0.445. The highest BCUT2D eigenvalue weighted by Gasteiger charge is 2.20. The summed E-state index contributed by atoms with van der Waals surface area (Å²) in [6, 6.07) is 10.8. The number of aromatic nitrogens is 1. The number of rotatable bonds is 6. The van der Waals surface area contributed by atoms with Crippen LogP contribution in [0.1, 0.15) is 20.3 Å². The fourth-order valence-corrected chi connectivity index (χ4v) is 2.75. The Kier molecular flexibility index (Phi) is 5.64. The van der Waals surface area contributed by atoms with Crippen LogP contribution in [0.4, 0.5) is 14.5 Å². The van der Waals surface area contributed by atoms with Gasteiger partial charge in [0.15, 0.2) is 6.17 Å². The lowest BCUT2D eigenvalue weighted by Crippen LogP contribution is -2.25. The van der Waals surface area contributed by atoms with Gasteiger partial charge in [-0.3, -0.25) is 9.78 Å². The van der Waals surface area contributed by atoms with Crippen LogP contribution in [0.2, 0.25) is 0 Å². The van der Waals surface area contributed by atoms with Gasteiger partial charge in [0.05, 0.1) is 5.69 Å². The van der Waals surface area contributed by atoms with E-state index < -0.39 is 17.9 Å². The number of alkyl halides is 1. The number of nitrogens with one attached hydrogen (secondary N) is 1. The van der Waals surface area contributed by atoms with Gasteiger partial charge in [-0.1, -0.05) is 19.9 Å². The normalized spacial score (nSPS) is 12.2. The molecule has 140 valence electrons. The minimum Gasteiger partial charge on any atom is -0.457 e. The van der Waals surface area contributed by atoms with Crippen molar-refractivity contribution in [2.24, 2.45) is 5.92 Å². The first-order chi connectivity index (χ1) is 12.9. The third-order valence-electron chi connectivity index (χ3n) is 4.02. The quantitative estimate of drug-likeness (QED) is 0.624. The molecule has 4 nitrogen and oxygen atoms in total. The smallest absolute Gasteiger partial charge is 0.258 e. The second-order valence-electron chi connectivity index (χ2n) is 6.68. The molecule has 6 heteroatoms. The average molecular weight is 370 g/mol. The summed E-state index contributed by atoms with van der Waals surface area (Å²) in [5, 5.41) is 3.90. The van der Waals surface area contributed by atoms with Gasteiger partial charge in [-0.2, -0.15) is 0 Å². The SMILES string of the molecule is CC(C)CC(F)C(=O)Nc1ccc(Oc2cccc(F)c2)c2ccncc12. The summed E-state index contributed by atoms with van der Waals surface area (Å²) in [6.45, 7) is 3.72. The van der Waals surface area contributed by atoms with Gasteiger partial charge in [0.2, 0.25) is 0 Å². The van der Waals surface area contributed by atoms with Gasteiger partial charge < -0.3 is 10.1 Å². The maximum absolute atomic E-state index is 14.0. The van der Waals surface area contributed by atoms with E-state index in [1.165, 1.54) is 12.1 Å². The highest BCUT2D eigenvalue weighted by Crippen LogP contribution is 2.34. The van der Waals surface area contributed by atoms with Gasteiger partial charge in [-0.05, 0) is 42.7 Å². The van der Waals surface area contributed by atoms with E-state index in [1.54, 1.807) is 42.7 Å². The Morgan fingerprint density at radius 3 is 2.74 bits per heavy atom. The summed E-state index contributed by atoms with van der Waals surface area (Å²) in [4.78, 5) is 16.2. The molecule has 0 aliphatic heterocycles. The number of pyridine rings is 1. The molecule has 0 bridgehead atoms. The van der Waals surface area contributed by atoms with Crippen LogP contribution < -0.4 is 10.1 Å². The molecule has 1 aromatic heterocycles. The van der Waals surface area contributed by atoms with Crippen molar-refractivity contribution in [3.05, 3.63) is 60.7 Å². The van der Waals surface area contributed by atoms with Crippen molar-refractivity contribution >= 4 is 22.4 Å². The number of nitrogens with zero attached hydrogens (tertiary/aromatic N) is 1. The number of hydrogen-bond donors (Lipinski definition) is 1. The molecule has 1 N–H and O–H groups in total. The van der Waals surface area contributed by atoms with E-state index in [-0.39, 0.29) is 12.3 Å². The predicted octanol–water partition coefficient (Wildman–Crippen LogP) is 5.49. The monoisotopic (exact) mass is 370 g/mol. The standard InChI is InChI=1S/C21H20F2N2O2/c1-13(2)10-18(23)21(26)25-19-6-7-20(16-8-9-24-12-17(16)19)27-15-5-3-4-14(22)11-15/h3-9,11-13,18H,10H2,1-2H3,(H,25,26). The van der Waals surface area contributed by atoms with Crippen LogP contribution in [0, 0.1) is 11.7 Å². The lowest BCUT2D eigenvalue weighted by molar-refractivity contribution is -0.121. The molecule has 0 radical (unpaired) electrons. The van der Waals surface area contributed by atoms with Crippen molar-refractivity contribution < 1.29 is 18.3 Å². The van der Waals surface area contributed by atoms with Crippen LogP contribution in [-0.4, -0.2) is 17.1 Å². The fourth-order valence-electron chi connectivity index (χ4n) is 2.75. The van der Waals surface area contributed by atoms with E-state index in [4.69, 9.17) is 4.74 Å². The Morgan fingerprint density at radius 1 is 1.19 bits per heavy atom. The van der Waals surface area contributed by atoms with Crippen LogP contribution in [0.5, 0.6) is 11.5 Å². The van der Waals surface area contributed by atoms with E-state index in [0.717, 1.165) is 0 Å². The molecular formula is C21H20F2N2O2. The van der Waals surface area contributed by atoms with Crippen molar-refractivity contribution in [3.8, 4) is 11.5 Å². The first kappa shape index (κ1) is 18.8. The maximum atomic E-state index is 14.0. The number of halogens is 2. The van der Waals surface area contributed by atoms with E-state index in [0.29, 0.717) is 28.0 Å². The van der Waals surface area contributed by atoms with Crippen LogP contribution in [0.3, 0.4) is 0 Å². The molecule has 0 saturated carbocycles. The molecule has 0 saturated heterocycles. The Balaban J connectivity index is 1.90. The van der Waals surface area contributed by atoms with E-state index in [9.17, 15) is 13.6 Å². The number of hydrogen-bond acceptors (Lipinski definition) is 3. The molecule has 0 aliphatic carbocycles. The van der Waals surface area contributed by atoms with E-state index in [1.807, 2.05) is 13.8 Å². The third-order valence-corrected chi connectivity index (χ3v) is 4.02. The molecule has 0 aliphatic rings. The first-order valence-corrected chi connectivity index (χ1v) is 8.69. The minimum atomic E-state index is -1.58. The molecule has 3 aromatic rings. The number of amides is 1. The minimum absolute atomic E-state index is 0.0752. The molecule has 1 heterocycles. The number of ether oxygens (including phenoxy) is 1. The third kappa shape index (κ3) is 4.58. The molecule has 1 atom stereocenters. The summed E-state index contributed by atoms with van der Waals surface area (Å²) in [6.07, 6.45) is 1.73. The zero-order valence-electron chi connectivity index (χ0n) is 15.1. The Morgan fingerprint density at radius 2 is 2.00 bits per heavy atom. The molecule has 1 amide bonds. The van der Waals surface area contributed by atoms with Gasteiger partial charge in [0.1, 0.15) is 17.3 Å². The van der Waals surface area contributed by atoms with Crippen molar-refractivity contribution in [1.82, 2.24) is 4.98 Å². The topological polar surface area (TPSA) is 51.2 Å². The summed E-state index contributed by atoms with van der Waals surface area (Å²) >= 11 is 0. The molecule has 0 fully saturated rings. The molecular weight excluding hydrogens is 350 g/mol. The maximum Gasteiger partial charge on any atom is 0.258 e. The highest BCUT2D eigenvalue weighted by molar-refractivity contribution is 6.05.